The third kappa shape index (κ3) is 3.86. The average Bonchev–Trinajstić information content (AvgIpc) is 3.06. The summed E-state index contributed by atoms with van der Waals surface area (Å²) < 4.78 is 14.8. The van der Waals surface area contributed by atoms with Crippen molar-refractivity contribution in [2.24, 2.45) is 0 Å². The first kappa shape index (κ1) is 17.7. The van der Waals surface area contributed by atoms with Crippen LogP contribution >= 0.6 is 23.2 Å². The molecule has 8 heteroatoms. The van der Waals surface area contributed by atoms with Crippen LogP contribution in [0, 0.1) is 5.82 Å². The van der Waals surface area contributed by atoms with E-state index >= 15 is 0 Å². The lowest BCUT2D eigenvalue weighted by atomic mass is 10.1. The van der Waals surface area contributed by atoms with Crippen molar-refractivity contribution in [1.82, 2.24) is 19.7 Å². The Bertz CT molecular complexity index is 1080. The fourth-order valence-electron chi connectivity index (χ4n) is 2.76. The van der Waals surface area contributed by atoms with Crippen LogP contribution in [0.3, 0.4) is 0 Å². The Kier molecular flexibility index (Phi) is 4.92. The molecule has 5 nitrogen and oxygen atoms in total. The van der Waals surface area contributed by atoms with E-state index < -0.39 is 0 Å². The molecule has 0 saturated carbocycles. The van der Waals surface area contributed by atoms with Crippen molar-refractivity contribution in [2.45, 2.75) is 11.9 Å². The van der Waals surface area contributed by atoms with Gasteiger partial charge in [0.05, 0.1) is 23.5 Å². The van der Waals surface area contributed by atoms with E-state index in [4.69, 9.17) is 23.2 Å². The van der Waals surface area contributed by atoms with Crippen LogP contribution in [0.5, 0.6) is 0 Å². The highest BCUT2D eigenvalue weighted by Crippen LogP contribution is 2.27. The van der Waals surface area contributed by atoms with Gasteiger partial charge in [-0.1, -0.05) is 29.8 Å². The van der Waals surface area contributed by atoms with E-state index in [1.165, 1.54) is 18.5 Å². The van der Waals surface area contributed by atoms with E-state index in [2.05, 4.69) is 20.4 Å². The lowest BCUT2D eigenvalue weighted by Gasteiger charge is -2.11. The Labute approximate surface area is 164 Å². The van der Waals surface area contributed by atoms with Crippen molar-refractivity contribution < 1.29 is 4.39 Å². The first-order chi connectivity index (χ1) is 13.1. The van der Waals surface area contributed by atoms with Crippen molar-refractivity contribution in [3.8, 4) is 0 Å². The van der Waals surface area contributed by atoms with Crippen LogP contribution in [0.1, 0.15) is 10.9 Å². The molecule has 2 heterocycles. The smallest absolute Gasteiger partial charge is 0.163 e. The van der Waals surface area contributed by atoms with Gasteiger partial charge in [-0.3, -0.25) is 0 Å². The Morgan fingerprint density at radius 3 is 2.70 bits per heavy atom. The maximum atomic E-state index is 13.1. The van der Waals surface area contributed by atoms with Crippen LogP contribution in [0.2, 0.25) is 5.02 Å². The number of alkyl halides is 1. The molecule has 0 saturated heterocycles. The Morgan fingerprint density at radius 1 is 1.11 bits per heavy atom. The van der Waals surface area contributed by atoms with Crippen LogP contribution in [0.15, 0.2) is 61.1 Å². The Balaban J connectivity index is 1.61. The first-order valence-corrected chi connectivity index (χ1v) is 9.00. The lowest BCUT2D eigenvalue weighted by molar-refractivity contribution is 0.609. The van der Waals surface area contributed by atoms with Crippen molar-refractivity contribution in [2.75, 3.05) is 5.32 Å². The summed E-state index contributed by atoms with van der Waals surface area (Å²) in [5.41, 5.74) is 2.28. The minimum absolute atomic E-state index is 0.295. The van der Waals surface area contributed by atoms with Gasteiger partial charge in [-0.15, -0.1) is 11.6 Å². The van der Waals surface area contributed by atoms with Gasteiger partial charge in [0, 0.05) is 10.7 Å². The van der Waals surface area contributed by atoms with Crippen molar-refractivity contribution >= 4 is 45.7 Å². The zero-order valence-corrected chi connectivity index (χ0v) is 15.5. The molecule has 0 spiro atoms. The second-order valence-electron chi connectivity index (χ2n) is 5.94. The predicted molar refractivity (Wildman–Crippen MR) is 105 cm³/mol. The summed E-state index contributed by atoms with van der Waals surface area (Å²) in [7, 11) is 0. The molecule has 4 aromatic rings. The standard InChI is InChI=1S/C19H14Cl2FN5/c20-13-2-1-3-15(8-13)26-18-16-9-25-27(19(16)24-11-23-18)10-17(21)12-4-6-14(22)7-5-12/h1-9,11,17H,10H2,(H,23,24,26). The van der Waals surface area contributed by atoms with Crippen LogP contribution in [-0.4, -0.2) is 19.7 Å². The van der Waals surface area contributed by atoms with Gasteiger partial charge in [0.15, 0.2) is 5.65 Å². The van der Waals surface area contributed by atoms with Gasteiger partial charge in [0.25, 0.3) is 0 Å². The van der Waals surface area contributed by atoms with Gasteiger partial charge in [-0.05, 0) is 35.9 Å². The van der Waals surface area contributed by atoms with E-state index in [1.54, 1.807) is 29.1 Å². The highest BCUT2D eigenvalue weighted by atomic mass is 35.5. The predicted octanol–water partition coefficient (Wildman–Crippen LogP) is 5.34. The van der Waals surface area contributed by atoms with E-state index in [-0.39, 0.29) is 11.2 Å². The normalized spacial score (nSPS) is 12.3. The van der Waals surface area contributed by atoms with Gasteiger partial charge < -0.3 is 5.32 Å². The van der Waals surface area contributed by atoms with E-state index in [0.717, 1.165) is 16.6 Å². The number of hydrogen-bond acceptors (Lipinski definition) is 4. The first-order valence-electron chi connectivity index (χ1n) is 8.19. The molecule has 4 rings (SSSR count). The monoisotopic (exact) mass is 401 g/mol. The molecule has 1 atom stereocenters. The molecule has 0 fully saturated rings. The van der Waals surface area contributed by atoms with E-state index in [9.17, 15) is 4.39 Å². The molecule has 1 N–H and O–H groups in total. The molecule has 0 aliphatic rings. The van der Waals surface area contributed by atoms with Gasteiger partial charge >= 0.3 is 0 Å². The van der Waals surface area contributed by atoms with Gasteiger partial charge in [0.2, 0.25) is 0 Å². The number of benzene rings is 2. The highest BCUT2D eigenvalue weighted by Gasteiger charge is 2.15. The van der Waals surface area contributed by atoms with Crippen LogP contribution in [0.4, 0.5) is 15.9 Å². The zero-order chi connectivity index (χ0) is 18.8. The molecular formula is C19H14Cl2FN5. The third-order valence-corrected chi connectivity index (χ3v) is 4.71. The summed E-state index contributed by atoms with van der Waals surface area (Å²) in [6, 6.07) is 13.5. The number of nitrogens with zero attached hydrogens (tertiary/aromatic N) is 4. The minimum Gasteiger partial charge on any atom is -0.339 e. The van der Waals surface area contributed by atoms with Gasteiger partial charge in [0.1, 0.15) is 18.0 Å². The van der Waals surface area contributed by atoms with E-state index in [1.807, 2.05) is 18.2 Å². The minimum atomic E-state index is -0.368. The third-order valence-electron chi connectivity index (χ3n) is 4.09. The van der Waals surface area contributed by atoms with Crippen molar-refractivity contribution in [3.05, 3.63) is 77.5 Å². The molecule has 0 aliphatic carbocycles. The number of hydrogen-bond donors (Lipinski definition) is 1. The summed E-state index contributed by atoms with van der Waals surface area (Å²) in [4.78, 5) is 8.63. The summed E-state index contributed by atoms with van der Waals surface area (Å²) in [5.74, 6) is 0.332. The van der Waals surface area contributed by atoms with Crippen LogP contribution in [-0.2, 0) is 6.54 Å². The number of nitrogens with one attached hydrogen (secondary N) is 1. The molecule has 0 bridgehead atoms. The van der Waals surface area contributed by atoms with Crippen LogP contribution in [0.25, 0.3) is 11.0 Å². The maximum absolute atomic E-state index is 13.1. The maximum Gasteiger partial charge on any atom is 0.163 e. The topological polar surface area (TPSA) is 55.6 Å². The van der Waals surface area contributed by atoms with E-state index in [0.29, 0.717) is 23.0 Å². The number of aromatic nitrogens is 4. The summed E-state index contributed by atoms with van der Waals surface area (Å²) >= 11 is 12.5. The SMILES string of the molecule is Fc1ccc(C(Cl)Cn2ncc3c(Nc4cccc(Cl)c4)ncnc32)cc1. The lowest BCUT2D eigenvalue weighted by Crippen LogP contribution is -2.07. The molecule has 1 unspecified atom stereocenters. The molecule has 136 valence electrons. The van der Waals surface area contributed by atoms with Crippen LogP contribution < -0.4 is 5.32 Å². The Morgan fingerprint density at radius 2 is 1.93 bits per heavy atom. The summed E-state index contributed by atoms with van der Waals surface area (Å²) in [5, 5.41) is 8.64. The second kappa shape index (κ2) is 7.50. The second-order valence-corrected chi connectivity index (χ2v) is 6.90. The number of rotatable bonds is 5. The van der Waals surface area contributed by atoms with Gasteiger partial charge in [-0.25, -0.2) is 19.0 Å². The molecule has 2 aromatic carbocycles. The largest absolute Gasteiger partial charge is 0.339 e. The molecule has 0 aliphatic heterocycles. The zero-order valence-electron chi connectivity index (χ0n) is 14.0. The molecule has 2 aromatic heterocycles. The average molecular weight is 402 g/mol. The van der Waals surface area contributed by atoms with Crippen molar-refractivity contribution in [3.63, 3.8) is 0 Å². The van der Waals surface area contributed by atoms with Gasteiger partial charge in [-0.2, -0.15) is 5.10 Å². The number of fused-ring (bicyclic) bond motifs is 1. The summed E-state index contributed by atoms with van der Waals surface area (Å²) in [6.45, 7) is 0.393. The number of halogens is 3. The quantitative estimate of drug-likeness (QED) is 0.458. The molecule has 0 amide bonds. The molecular weight excluding hydrogens is 388 g/mol. The molecule has 27 heavy (non-hydrogen) atoms. The number of anilines is 2. The highest BCUT2D eigenvalue weighted by molar-refractivity contribution is 6.30. The molecule has 0 radical (unpaired) electrons. The van der Waals surface area contributed by atoms with Crippen molar-refractivity contribution in [1.29, 1.82) is 0 Å². The summed E-state index contributed by atoms with van der Waals surface area (Å²) in [6.07, 6.45) is 3.16. The fraction of sp³-hybridized carbons (Fsp3) is 0.105. The fourth-order valence-corrected chi connectivity index (χ4v) is 3.22. The Hall–Kier alpha value is -2.70.